The zero-order valence-electron chi connectivity index (χ0n) is 27.4. The van der Waals surface area contributed by atoms with E-state index in [0.717, 1.165) is 22.9 Å². The predicted molar refractivity (Wildman–Crippen MR) is 197 cm³/mol. The van der Waals surface area contributed by atoms with Gasteiger partial charge in [0.15, 0.2) is 16.7 Å². The number of rotatable bonds is 14. The van der Waals surface area contributed by atoms with Crippen molar-refractivity contribution in [2.75, 3.05) is 19.5 Å². The van der Waals surface area contributed by atoms with Gasteiger partial charge in [-0.15, -0.1) is 13.0 Å². The number of aliphatic imine (C=N–C) groups is 1. The topological polar surface area (TPSA) is 97.3 Å². The molecule has 1 aliphatic heterocycles. The predicted octanol–water partition coefficient (Wildman–Crippen LogP) is 6.83. The van der Waals surface area contributed by atoms with Gasteiger partial charge in [-0.1, -0.05) is 109 Å². The molecule has 8 nitrogen and oxygen atoms in total. The summed E-state index contributed by atoms with van der Waals surface area (Å²) in [6, 6.07) is 22.3. The van der Waals surface area contributed by atoms with Crippen LogP contribution in [0.15, 0.2) is 133 Å². The summed E-state index contributed by atoms with van der Waals surface area (Å²) in [4.78, 5) is 46.6. The fourth-order valence-corrected chi connectivity index (χ4v) is 5.87. The molecule has 248 valence electrons. The third kappa shape index (κ3) is 9.15. The van der Waals surface area contributed by atoms with Gasteiger partial charge >= 0.3 is 0 Å². The maximum absolute atomic E-state index is 14.1. The molecule has 0 atom stereocenters. The van der Waals surface area contributed by atoms with Crippen LogP contribution in [0.3, 0.4) is 0 Å². The van der Waals surface area contributed by atoms with Gasteiger partial charge in [-0.25, -0.2) is 0 Å². The van der Waals surface area contributed by atoms with Crippen molar-refractivity contribution in [1.29, 1.82) is 0 Å². The van der Waals surface area contributed by atoms with E-state index in [0.29, 0.717) is 34.7 Å². The average Bonchev–Trinajstić information content (AvgIpc) is 3.12. The minimum atomic E-state index is -0.740. The van der Waals surface area contributed by atoms with Gasteiger partial charge in [0.1, 0.15) is 12.2 Å². The van der Waals surface area contributed by atoms with Crippen LogP contribution >= 0.6 is 11.8 Å². The number of nitrogens with zero attached hydrogens (tertiary/aromatic N) is 2. The Morgan fingerprint density at radius 2 is 1.76 bits per heavy atom. The van der Waals surface area contributed by atoms with Crippen molar-refractivity contribution in [2.24, 2.45) is 4.99 Å². The summed E-state index contributed by atoms with van der Waals surface area (Å²) in [7, 11) is 1.49. The summed E-state index contributed by atoms with van der Waals surface area (Å²) in [6.07, 6.45) is 15.6. The van der Waals surface area contributed by atoms with Crippen LogP contribution < -0.4 is 14.8 Å². The summed E-state index contributed by atoms with van der Waals surface area (Å²) in [6.45, 7) is 9.33. The van der Waals surface area contributed by atoms with E-state index in [1.807, 2.05) is 60.7 Å². The normalized spacial score (nSPS) is 14.1. The molecule has 4 rings (SSSR count). The molecule has 0 spiro atoms. The van der Waals surface area contributed by atoms with Crippen LogP contribution in [0.4, 0.5) is 0 Å². The van der Waals surface area contributed by atoms with Crippen LogP contribution in [-0.4, -0.2) is 47.3 Å². The van der Waals surface area contributed by atoms with Crippen LogP contribution in [0, 0.1) is 12.3 Å². The Bertz CT molecular complexity index is 1830. The first-order chi connectivity index (χ1) is 23.8. The second-order valence-electron chi connectivity index (χ2n) is 10.5. The molecule has 3 aromatic carbocycles. The van der Waals surface area contributed by atoms with E-state index in [-0.39, 0.29) is 29.0 Å². The Morgan fingerprint density at radius 3 is 2.33 bits per heavy atom. The highest BCUT2D eigenvalue weighted by Crippen LogP contribution is 2.35. The quantitative estimate of drug-likeness (QED) is 0.0664. The Morgan fingerprint density at radius 1 is 1.08 bits per heavy atom. The highest BCUT2D eigenvalue weighted by atomic mass is 32.2. The van der Waals surface area contributed by atoms with Crippen LogP contribution in [-0.2, 0) is 20.8 Å². The number of hydrogen-bond acceptors (Lipinski definition) is 6. The molecule has 0 unspecified atom stereocenters. The zero-order valence-corrected chi connectivity index (χ0v) is 28.2. The summed E-state index contributed by atoms with van der Waals surface area (Å²) < 4.78 is 11.3. The molecule has 0 bridgehead atoms. The maximum Gasteiger partial charge on any atom is 0.285 e. The standard InChI is InChI=1S/C40H37N3O5S/c1-6-10-22-32(9-4)43-39(46)33(25-28-24-31(17-7-2)37(48-23-8-3)34(26-28)47-5)38(45)42-40(43)49-27-35(44)41-36(29-18-13-11-14-19-29)30-20-15-12-16-21-30/h3,6-7,9-16,18-22,24-26,36H,1-2,17,23,27H2,4-5H3,(H,41,44)/b22-10-,32-9+,33-25+. The van der Waals surface area contributed by atoms with E-state index < -0.39 is 17.9 Å². The highest BCUT2D eigenvalue weighted by molar-refractivity contribution is 8.14. The van der Waals surface area contributed by atoms with Crippen molar-refractivity contribution in [1.82, 2.24) is 10.2 Å². The van der Waals surface area contributed by atoms with Crippen LogP contribution in [0.2, 0.25) is 0 Å². The van der Waals surface area contributed by atoms with Gasteiger partial charge in [0, 0.05) is 11.3 Å². The van der Waals surface area contributed by atoms with E-state index >= 15 is 0 Å². The second-order valence-corrected chi connectivity index (χ2v) is 11.5. The van der Waals surface area contributed by atoms with Crippen molar-refractivity contribution < 1.29 is 23.9 Å². The first-order valence-corrected chi connectivity index (χ1v) is 16.4. The molecular weight excluding hydrogens is 635 g/mol. The number of methoxy groups -OCH3 is 1. The Balaban J connectivity index is 1.67. The average molecular weight is 672 g/mol. The number of benzene rings is 3. The SMILES string of the molecule is C#CCOc1c(CC=C)cc(/C=C2\C(=O)N=C(SCC(=O)NC(c3ccccc3)c3ccccc3)N(C(/C=C\C=C)=C/C)C2=O)cc1OC. The van der Waals surface area contributed by atoms with E-state index in [2.05, 4.69) is 29.4 Å². The van der Waals surface area contributed by atoms with Crippen LogP contribution in [0.1, 0.15) is 35.2 Å². The van der Waals surface area contributed by atoms with Crippen LogP contribution in [0.25, 0.3) is 6.08 Å². The zero-order chi connectivity index (χ0) is 35.2. The van der Waals surface area contributed by atoms with E-state index in [9.17, 15) is 14.4 Å². The number of nitrogens with one attached hydrogen (secondary N) is 1. The molecule has 1 aliphatic rings. The molecule has 49 heavy (non-hydrogen) atoms. The fourth-order valence-electron chi connectivity index (χ4n) is 5.06. The third-order valence-corrected chi connectivity index (χ3v) is 8.20. The minimum absolute atomic E-state index is 0.0313. The second kappa shape index (κ2) is 17.9. The third-order valence-electron chi connectivity index (χ3n) is 7.26. The maximum atomic E-state index is 14.1. The van der Waals surface area contributed by atoms with Gasteiger partial charge in [-0.2, -0.15) is 4.99 Å². The summed E-state index contributed by atoms with van der Waals surface area (Å²) >= 11 is 0.994. The Labute approximate surface area is 291 Å². The van der Waals surface area contributed by atoms with Crippen molar-refractivity contribution in [3.05, 3.63) is 150 Å². The molecule has 0 aliphatic carbocycles. The van der Waals surface area contributed by atoms with E-state index in [1.165, 1.54) is 18.1 Å². The van der Waals surface area contributed by atoms with E-state index in [1.54, 1.807) is 49.4 Å². The smallest absolute Gasteiger partial charge is 0.285 e. The number of amidine groups is 1. The van der Waals surface area contributed by atoms with Gasteiger partial charge in [-0.05, 0) is 54.3 Å². The molecule has 9 heteroatoms. The van der Waals surface area contributed by atoms with E-state index in [4.69, 9.17) is 15.9 Å². The molecule has 1 N–H and O–H groups in total. The molecule has 0 saturated carbocycles. The molecule has 0 saturated heterocycles. The molecule has 0 radical (unpaired) electrons. The Kier molecular flexibility index (Phi) is 13.1. The molecule has 3 aromatic rings. The first kappa shape index (κ1) is 36.0. The summed E-state index contributed by atoms with van der Waals surface area (Å²) in [5.74, 6) is 1.53. The van der Waals surface area contributed by atoms with Gasteiger partial charge in [0.05, 0.1) is 18.9 Å². The lowest BCUT2D eigenvalue weighted by molar-refractivity contribution is -0.126. The lowest BCUT2D eigenvalue weighted by Crippen LogP contribution is -2.42. The number of carbonyl (C=O) groups is 3. The van der Waals surface area contributed by atoms with Crippen molar-refractivity contribution >= 4 is 40.7 Å². The number of allylic oxidation sites excluding steroid dienone is 5. The monoisotopic (exact) mass is 671 g/mol. The van der Waals surface area contributed by atoms with Gasteiger partial charge in [-0.3, -0.25) is 19.3 Å². The summed E-state index contributed by atoms with van der Waals surface area (Å²) in [5.41, 5.74) is 3.33. The first-order valence-electron chi connectivity index (χ1n) is 15.4. The number of ether oxygens (including phenoxy) is 2. The lowest BCUT2D eigenvalue weighted by Gasteiger charge is -2.28. The largest absolute Gasteiger partial charge is 0.493 e. The van der Waals surface area contributed by atoms with Gasteiger partial charge in [0.2, 0.25) is 5.91 Å². The minimum Gasteiger partial charge on any atom is -0.493 e. The molecule has 0 aromatic heterocycles. The highest BCUT2D eigenvalue weighted by Gasteiger charge is 2.35. The lowest BCUT2D eigenvalue weighted by atomic mass is 9.99. The molecule has 1 heterocycles. The molecule has 0 fully saturated rings. The van der Waals surface area contributed by atoms with Gasteiger partial charge < -0.3 is 14.8 Å². The fraction of sp³-hybridized carbons (Fsp3) is 0.150. The number of hydrogen-bond donors (Lipinski definition) is 1. The Hall–Kier alpha value is -5.85. The van der Waals surface area contributed by atoms with Crippen LogP contribution in [0.5, 0.6) is 11.5 Å². The number of carbonyl (C=O) groups excluding carboxylic acids is 3. The van der Waals surface area contributed by atoms with Crippen molar-refractivity contribution in [2.45, 2.75) is 19.4 Å². The van der Waals surface area contributed by atoms with Crippen molar-refractivity contribution in [3.8, 4) is 23.8 Å². The number of thioether (sulfide) groups is 1. The molecular formula is C40H37N3O5S. The molecule has 3 amide bonds. The number of amides is 3. The number of terminal acetylenes is 1. The van der Waals surface area contributed by atoms with Crippen molar-refractivity contribution in [3.63, 3.8) is 0 Å². The summed E-state index contributed by atoms with van der Waals surface area (Å²) in [5, 5.41) is 3.16. The van der Waals surface area contributed by atoms with Gasteiger partial charge in [0.25, 0.3) is 11.8 Å².